The maximum Gasteiger partial charge on any atom is 0.222 e. The number of likely N-dealkylation sites (N-methyl/N-ethyl adjacent to an activating group) is 1. The molecule has 1 aliphatic heterocycles. The number of amides is 1. The van der Waals surface area contributed by atoms with Gasteiger partial charge in [-0.2, -0.15) is 0 Å². The number of hydrogen-bond donors (Lipinski definition) is 0. The molecule has 1 atom stereocenters. The van der Waals surface area contributed by atoms with Gasteiger partial charge in [0, 0.05) is 44.1 Å². The van der Waals surface area contributed by atoms with Gasteiger partial charge in [-0.25, -0.2) is 4.98 Å². The van der Waals surface area contributed by atoms with E-state index in [-0.39, 0.29) is 5.91 Å². The second-order valence-electron chi connectivity index (χ2n) is 6.54. The van der Waals surface area contributed by atoms with Crippen LogP contribution in [0.2, 0.25) is 0 Å². The highest BCUT2D eigenvalue weighted by molar-refractivity contribution is 5.76. The average Bonchev–Trinajstić information content (AvgIpc) is 3.04. The van der Waals surface area contributed by atoms with Gasteiger partial charge in [-0.3, -0.25) is 4.79 Å². The standard InChI is InChI=1S/C19H25N3O2/c1-15-14-21(2)11-12-22(15)19(23)10-6-9-18-20-13-17(24-18)16-7-4-3-5-8-16/h3-5,7-8,13,15H,6,9-12,14H2,1-2H3. The molecule has 128 valence electrons. The molecule has 1 fully saturated rings. The number of carbonyl (C=O) groups excluding carboxylic acids is 1. The summed E-state index contributed by atoms with van der Waals surface area (Å²) in [5, 5.41) is 0. The fourth-order valence-electron chi connectivity index (χ4n) is 3.21. The summed E-state index contributed by atoms with van der Waals surface area (Å²) in [4.78, 5) is 21.0. The molecule has 0 radical (unpaired) electrons. The number of aromatic nitrogens is 1. The predicted molar refractivity (Wildman–Crippen MR) is 93.5 cm³/mol. The number of aryl methyl sites for hydroxylation is 1. The van der Waals surface area contributed by atoms with E-state index in [4.69, 9.17) is 4.42 Å². The minimum absolute atomic E-state index is 0.241. The van der Waals surface area contributed by atoms with Crippen molar-refractivity contribution in [2.24, 2.45) is 0 Å². The first-order chi connectivity index (χ1) is 11.6. The van der Waals surface area contributed by atoms with Gasteiger partial charge in [-0.15, -0.1) is 0 Å². The van der Waals surface area contributed by atoms with Gasteiger partial charge < -0.3 is 14.2 Å². The third-order valence-electron chi connectivity index (χ3n) is 4.54. The van der Waals surface area contributed by atoms with E-state index in [0.717, 1.165) is 37.4 Å². The molecule has 1 aromatic carbocycles. The molecule has 1 amide bonds. The quantitative estimate of drug-likeness (QED) is 0.847. The van der Waals surface area contributed by atoms with Crippen LogP contribution in [0.25, 0.3) is 11.3 Å². The number of piperazine rings is 1. The number of oxazole rings is 1. The summed E-state index contributed by atoms with van der Waals surface area (Å²) in [6.07, 6.45) is 3.78. The monoisotopic (exact) mass is 327 g/mol. The molecule has 1 aromatic heterocycles. The van der Waals surface area contributed by atoms with E-state index in [0.29, 0.717) is 24.8 Å². The maximum atomic E-state index is 12.4. The molecule has 1 saturated heterocycles. The SMILES string of the molecule is CC1CN(C)CCN1C(=O)CCCc1ncc(-c2ccccc2)o1. The maximum absolute atomic E-state index is 12.4. The zero-order chi connectivity index (χ0) is 16.9. The highest BCUT2D eigenvalue weighted by Gasteiger charge is 2.25. The molecule has 2 aromatic rings. The Kier molecular flexibility index (Phi) is 5.30. The van der Waals surface area contributed by atoms with Crippen LogP contribution < -0.4 is 0 Å². The Bertz CT molecular complexity index is 668. The molecule has 3 rings (SSSR count). The van der Waals surface area contributed by atoms with E-state index in [1.807, 2.05) is 35.2 Å². The van der Waals surface area contributed by atoms with Crippen LogP contribution in [-0.4, -0.2) is 53.4 Å². The minimum atomic E-state index is 0.241. The molecule has 1 unspecified atom stereocenters. The van der Waals surface area contributed by atoms with Gasteiger partial charge in [0.1, 0.15) is 0 Å². The van der Waals surface area contributed by atoms with E-state index in [9.17, 15) is 4.79 Å². The first-order valence-electron chi connectivity index (χ1n) is 8.61. The van der Waals surface area contributed by atoms with Crippen LogP contribution in [0.3, 0.4) is 0 Å². The van der Waals surface area contributed by atoms with Gasteiger partial charge in [0.2, 0.25) is 5.91 Å². The van der Waals surface area contributed by atoms with E-state index in [1.165, 1.54) is 0 Å². The van der Waals surface area contributed by atoms with Crippen molar-refractivity contribution in [3.8, 4) is 11.3 Å². The van der Waals surface area contributed by atoms with E-state index in [1.54, 1.807) is 6.20 Å². The van der Waals surface area contributed by atoms with Crippen molar-refractivity contribution in [3.63, 3.8) is 0 Å². The Balaban J connectivity index is 1.48. The van der Waals surface area contributed by atoms with E-state index in [2.05, 4.69) is 23.9 Å². The minimum Gasteiger partial charge on any atom is -0.441 e. The van der Waals surface area contributed by atoms with Gasteiger partial charge in [-0.1, -0.05) is 30.3 Å². The lowest BCUT2D eigenvalue weighted by Gasteiger charge is -2.38. The molecule has 0 bridgehead atoms. The van der Waals surface area contributed by atoms with Crippen molar-refractivity contribution in [1.29, 1.82) is 0 Å². The lowest BCUT2D eigenvalue weighted by Crippen LogP contribution is -2.52. The number of benzene rings is 1. The van der Waals surface area contributed by atoms with E-state index < -0.39 is 0 Å². The summed E-state index contributed by atoms with van der Waals surface area (Å²) < 4.78 is 5.79. The lowest BCUT2D eigenvalue weighted by molar-refractivity contribution is -0.135. The fraction of sp³-hybridized carbons (Fsp3) is 0.474. The van der Waals surface area contributed by atoms with Crippen molar-refractivity contribution >= 4 is 5.91 Å². The predicted octanol–water partition coefficient (Wildman–Crippen LogP) is 2.83. The van der Waals surface area contributed by atoms with Crippen LogP contribution in [0.15, 0.2) is 40.9 Å². The third-order valence-corrected chi connectivity index (χ3v) is 4.54. The molecule has 5 nitrogen and oxygen atoms in total. The van der Waals surface area contributed by atoms with Crippen molar-refractivity contribution in [2.45, 2.75) is 32.2 Å². The molecule has 2 heterocycles. The fourth-order valence-corrected chi connectivity index (χ4v) is 3.21. The van der Waals surface area contributed by atoms with Crippen LogP contribution in [0.1, 0.15) is 25.7 Å². The second kappa shape index (κ2) is 7.62. The Labute approximate surface area is 143 Å². The molecule has 0 aliphatic carbocycles. The Morgan fingerprint density at radius 2 is 2.08 bits per heavy atom. The molecule has 0 spiro atoms. The number of hydrogen-bond acceptors (Lipinski definition) is 4. The first-order valence-corrected chi connectivity index (χ1v) is 8.61. The Morgan fingerprint density at radius 3 is 2.83 bits per heavy atom. The lowest BCUT2D eigenvalue weighted by atomic mass is 10.1. The Morgan fingerprint density at radius 1 is 1.29 bits per heavy atom. The van der Waals surface area contributed by atoms with Gasteiger partial charge in [0.05, 0.1) is 6.20 Å². The van der Waals surface area contributed by atoms with Crippen molar-refractivity contribution in [2.75, 3.05) is 26.7 Å². The molecular formula is C19H25N3O2. The zero-order valence-corrected chi connectivity index (χ0v) is 14.4. The van der Waals surface area contributed by atoms with Gasteiger partial charge in [0.15, 0.2) is 11.7 Å². The number of rotatable bonds is 5. The highest BCUT2D eigenvalue weighted by atomic mass is 16.4. The molecule has 0 N–H and O–H groups in total. The van der Waals surface area contributed by atoms with Crippen LogP contribution in [0, 0.1) is 0 Å². The molecular weight excluding hydrogens is 302 g/mol. The Hall–Kier alpha value is -2.14. The second-order valence-corrected chi connectivity index (χ2v) is 6.54. The van der Waals surface area contributed by atoms with Gasteiger partial charge >= 0.3 is 0 Å². The molecule has 0 saturated carbocycles. The summed E-state index contributed by atoms with van der Waals surface area (Å²) in [6, 6.07) is 10.2. The van der Waals surface area contributed by atoms with Crippen molar-refractivity contribution < 1.29 is 9.21 Å². The summed E-state index contributed by atoms with van der Waals surface area (Å²) >= 11 is 0. The molecule has 24 heavy (non-hydrogen) atoms. The third kappa shape index (κ3) is 4.03. The van der Waals surface area contributed by atoms with Crippen molar-refractivity contribution in [1.82, 2.24) is 14.8 Å². The van der Waals surface area contributed by atoms with Gasteiger partial charge in [-0.05, 0) is 20.4 Å². The van der Waals surface area contributed by atoms with E-state index >= 15 is 0 Å². The summed E-state index contributed by atoms with van der Waals surface area (Å²) in [5.41, 5.74) is 1.03. The number of carbonyl (C=O) groups is 1. The molecule has 5 heteroatoms. The zero-order valence-electron chi connectivity index (χ0n) is 14.4. The van der Waals surface area contributed by atoms with Crippen LogP contribution in [0.4, 0.5) is 0 Å². The first kappa shape index (κ1) is 16.7. The van der Waals surface area contributed by atoms with Crippen LogP contribution in [-0.2, 0) is 11.2 Å². The largest absolute Gasteiger partial charge is 0.441 e. The average molecular weight is 327 g/mol. The summed E-state index contributed by atoms with van der Waals surface area (Å²) in [6.45, 7) is 4.85. The number of nitrogens with zero attached hydrogens (tertiary/aromatic N) is 3. The normalized spacial score (nSPS) is 18.8. The molecule has 1 aliphatic rings. The summed E-state index contributed by atoms with van der Waals surface area (Å²) in [5.74, 6) is 1.73. The smallest absolute Gasteiger partial charge is 0.222 e. The van der Waals surface area contributed by atoms with Crippen LogP contribution >= 0.6 is 0 Å². The van der Waals surface area contributed by atoms with Crippen LogP contribution in [0.5, 0.6) is 0 Å². The topological polar surface area (TPSA) is 49.6 Å². The van der Waals surface area contributed by atoms with Gasteiger partial charge in [0.25, 0.3) is 0 Å². The van der Waals surface area contributed by atoms with Crippen molar-refractivity contribution in [3.05, 3.63) is 42.4 Å². The highest BCUT2D eigenvalue weighted by Crippen LogP contribution is 2.20. The summed E-state index contributed by atoms with van der Waals surface area (Å²) in [7, 11) is 2.10.